The Morgan fingerprint density at radius 3 is 2.50 bits per heavy atom. The van der Waals surface area contributed by atoms with Gasteiger partial charge >= 0.3 is 0 Å². The van der Waals surface area contributed by atoms with Gasteiger partial charge in [0.2, 0.25) is 0 Å². The maximum absolute atomic E-state index is 12.2. The lowest BCUT2D eigenvalue weighted by Gasteiger charge is -2.25. The van der Waals surface area contributed by atoms with Gasteiger partial charge < -0.3 is 15.0 Å². The molecule has 0 aliphatic heterocycles. The van der Waals surface area contributed by atoms with Crippen LogP contribution in [-0.4, -0.2) is 56.5 Å². The highest BCUT2D eigenvalue weighted by Crippen LogP contribution is 2.30. The first-order chi connectivity index (χ1) is 15.4. The van der Waals surface area contributed by atoms with Gasteiger partial charge in [-0.2, -0.15) is 0 Å². The zero-order valence-electron chi connectivity index (χ0n) is 19.4. The number of hydrogen-bond donors (Lipinski definition) is 1. The molecule has 1 aromatic heterocycles. The van der Waals surface area contributed by atoms with Gasteiger partial charge in [0.05, 0.1) is 0 Å². The van der Waals surface area contributed by atoms with Crippen molar-refractivity contribution in [1.29, 1.82) is 0 Å². The lowest BCUT2D eigenvalue weighted by Crippen LogP contribution is -2.34. The molecule has 5 nitrogen and oxygen atoms in total. The molecule has 32 heavy (non-hydrogen) atoms. The number of hydrogen-bond acceptors (Lipinski definition) is 5. The van der Waals surface area contributed by atoms with Gasteiger partial charge in [-0.1, -0.05) is 42.5 Å². The van der Waals surface area contributed by atoms with Crippen molar-refractivity contribution in [2.75, 3.05) is 40.8 Å². The Hall–Kier alpha value is -2.67. The van der Waals surface area contributed by atoms with Crippen LogP contribution in [0.4, 0.5) is 0 Å². The van der Waals surface area contributed by atoms with Crippen molar-refractivity contribution in [3.8, 4) is 16.9 Å². The van der Waals surface area contributed by atoms with E-state index in [1.165, 1.54) is 4.88 Å². The lowest BCUT2D eigenvalue weighted by molar-refractivity contribution is -0.123. The van der Waals surface area contributed by atoms with Gasteiger partial charge in [0.1, 0.15) is 5.75 Å². The summed E-state index contributed by atoms with van der Waals surface area (Å²) < 4.78 is 5.97. The Balaban J connectivity index is 1.75. The predicted molar refractivity (Wildman–Crippen MR) is 133 cm³/mol. The number of benzene rings is 2. The van der Waals surface area contributed by atoms with Crippen LogP contribution >= 0.6 is 11.3 Å². The third-order valence-electron chi connectivity index (χ3n) is 5.44. The third kappa shape index (κ3) is 6.92. The molecule has 1 atom stereocenters. The minimum absolute atomic E-state index is 0.00923. The Bertz CT molecular complexity index is 974. The molecule has 0 spiro atoms. The summed E-state index contributed by atoms with van der Waals surface area (Å²) in [7, 11) is 6.09. The second-order valence-electron chi connectivity index (χ2n) is 8.24. The zero-order valence-corrected chi connectivity index (χ0v) is 20.2. The normalized spacial score (nSPS) is 12.2. The fraction of sp³-hybridized carbons (Fsp3) is 0.346. The molecule has 2 aromatic carbocycles. The molecule has 0 aliphatic carbocycles. The standard InChI is InChI=1S/C26H33N3O2S/c1-20(25-11-8-16-32-25)29(4)18-23-17-22(21-9-6-5-7-10-21)12-13-24(23)31-19-26(30)27-14-15-28(2)3/h5-13,16-17,20H,14-15,18-19H2,1-4H3,(H,27,30)/t20-/m1/s1. The van der Waals surface area contributed by atoms with Crippen LogP contribution in [0.15, 0.2) is 66.0 Å². The van der Waals surface area contributed by atoms with Crippen molar-refractivity contribution >= 4 is 17.2 Å². The van der Waals surface area contributed by atoms with E-state index in [1.54, 1.807) is 11.3 Å². The summed E-state index contributed by atoms with van der Waals surface area (Å²) in [6.45, 7) is 4.35. The highest BCUT2D eigenvalue weighted by atomic mass is 32.1. The fourth-order valence-corrected chi connectivity index (χ4v) is 4.27. The summed E-state index contributed by atoms with van der Waals surface area (Å²) in [6, 6.07) is 21.1. The molecule has 0 saturated heterocycles. The second kappa shape index (κ2) is 11.8. The maximum atomic E-state index is 12.2. The quantitative estimate of drug-likeness (QED) is 0.460. The van der Waals surface area contributed by atoms with E-state index in [4.69, 9.17) is 4.74 Å². The van der Waals surface area contributed by atoms with Crippen molar-refractivity contribution in [2.45, 2.75) is 19.5 Å². The Morgan fingerprint density at radius 1 is 1.03 bits per heavy atom. The SMILES string of the molecule is C[C@H](c1cccs1)N(C)Cc1cc(-c2ccccc2)ccc1OCC(=O)NCCN(C)C. The van der Waals surface area contributed by atoms with Crippen molar-refractivity contribution in [3.63, 3.8) is 0 Å². The number of thiophene rings is 1. The van der Waals surface area contributed by atoms with Crippen LogP contribution < -0.4 is 10.1 Å². The van der Waals surface area contributed by atoms with Gasteiger partial charge in [-0.25, -0.2) is 0 Å². The minimum atomic E-state index is -0.106. The van der Waals surface area contributed by atoms with E-state index in [2.05, 4.69) is 66.0 Å². The molecule has 0 bridgehead atoms. The molecule has 0 fully saturated rings. The topological polar surface area (TPSA) is 44.8 Å². The van der Waals surface area contributed by atoms with Crippen molar-refractivity contribution in [1.82, 2.24) is 15.1 Å². The predicted octanol–water partition coefficient (Wildman–Crippen LogP) is 4.66. The molecule has 3 rings (SSSR count). The summed E-state index contributed by atoms with van der Waals surface area (Å²) in [4.78, 5) is 17.9. The number of ether oxygens (including phenoxy) is 1. The molecule has 0 saturated carbocycles. The molecule has 0 aliphatic rings. The van der Waals surface area contributed by atoms with E-state index in [9.17, 15) is 4.79 Å². The monoisotopic (exact) mass is 451 g/mol. The van der Waals surface area contributed by atoms with E-state index in [-0.39, 0.29) is 18.6 Å². The third-order valence-corrected chi connectivity index (χ3v) is 6.49. The van der Waals surface area contributed by atoms with Crippen LogP contribution in [0.5, 0.6) is 5.75 Å². The van der Waals surface area contributed by atoms with Crippen molar-refractivity contribution in [3.05, 3.63) is 76.5 Å². The van der Waals surface area contributed by atoms with E-state index in [1.807, 2.05) is 43.3 Å². The number of nitrogens with one attached hydrogen (secondary N) is 1. The molecule has 0 radical (unpaired) electrons. The van der Waals surface area contributed by atoms with E-state index >= 15 is 0 Å². The number of amides is 1. The summed E-state index contributed by atoms with van der Waals surface area (Å²) in [5, 5.41) is 5.01. The summed E-state index contributed by atoms with van der Waals surface area (Å²) in [5.41, 5.74) is 3.37. The molecule has 1 amide bonds. The Labute approximate surface area is 195 Å². The number of likely N-dealkylation sites (N-methyl/N-ethyl adjacent to an activating group) is 1. The second-order valence-corrected chi connectivity index (χ2v) is 9.22. The fourth-order valence-electron chi connectivity index (χ4n) is 3.42. The number of nitrogens with zero attached hydrogens (tertiary/aromatic N) is 2. The van der Waals surface area contributed by atoms with Crippen LogP contribution in [0.2, 0.25) is 0 Å². The molecule has 1 N–H and O–H groups in total. The van der Waals surface area contributed by atoms with Crippen LogP contribution in [0.25, 0.3) is 11.1 Å². The van der Waals surface area contributed by atoms with Crippen molar-refractivity contribution < 1.29 is 9.53 Å². The number of carbonyl (C=O) groups excluding carboxylic acids is 1. The number of rotatable bonds is 11. The van der Waals surface area contributed by atoms with E-state index < -0.39 is 0 Å². The van der Waals surface area contributed by atoms with Gasteiger partial charge in [0.15, 0.2) is 6.61 Å². The minimum Gasteiger partial charge on any atom is -0.483 e. The van der Waals surface area contributed by atoms with Gasteiger partial charge in [-0.15, -0.1) is 11.3 Å². The van der Waals surface area contributed by atoms with Gasteiger partial charge in [-0.3, -0.25) is 9.69 Å². The van der Waals surface area contributed by atoms with Crippen LogP contribution in [0, 0.1) is 0 Å². The van der Waals surface area contributed by atoms with Crippen molar-refractivity contribution in [2.24, 2.45) is 0 Å². The van der Waals surface area contributed by atoms with Crippen LogP contribution in [-0.2, 0) is 11.3 Å². The Morgan fingerprint density at radius 2 is 1.81 bits per heavy atom. The molecule has 170 valence electrons. The zero-order chi connectivity index (χ0) is 22.9. The average Bonchev–Trinajstić information content (AvgIpc) is 3.33. The smallest absolute Gasteiger partial charge is 0.257 e. The van der Waals surface area contributed by atoms with E-state index in [0.29, 0.717) is 6.54 Å². The van der Waals surface area contributed by atoms with Gasteiger partial charge in [-0.05, 0) is 62.8 Å². The van der Waals surface area contributed by atoms with Gasteiger partial charge in [0, 0.05) is 36.1 Å². The molecule has 3 aromatic rings. The number of carbonyl (C=O) groups is 1. The average molecular weight is 452 g/mol. The molecular weight excluding hydrogens is 418 g/mol. The molecule has 0 unspecified atom stereocenters. The van der Waals surface area contributed by atoms with Gasteiger partial charge in [0.25, 0.3) is 5.91 Å². The van der Waals surface area contributed by atoms with Crippen LogP contribution in [0.3, 0.4) is 0 Å². The molecular formula is C26H33N3O2S. The molecule has 1 heterocycles. The first kappa shape index (κ1) is 24.0. The summed E-state index contributed by atoms with van der Waals surface area (Å²) in [5.74, 6) is 0.642. The first-order valence-corrected chi connectivity index (χ1v) is 11.8. The highest BCUT2D eigenvalue weighted by molar-refractivity contribution is 7.10. The maximum Gasteiger partial charge on any atom is 0.257 e. The lowest BCUT2D eigenvalue weighted by atomic mass is 10.0. The highest BCUT2D eigenvalue weighted by Gasteiger charge is 2.16. The summed E-state index contributed by atoms with van der Waals surface area (Å²) >= 11 is 1.77. The van der Waals surface area contributed by atoms with E-state index in [0.717, 1.165) is 35.5 Å². The molecule has 6 heteroatoms. The first-order valence-electron chi connectivity index (χ1n) is 10.9. The Kier molecular flexibility index (Phi) is 8.85. The summed E-state index contributed by atoms with van der Waals surface area (Å²) in [6.07, 6.45) is 0. The van der Waals surface area contributed by atoms with Crippen LogP contribution in [0.1, 0.15) is 23.4 Å². The largest absolute Gasteiger partial charge is 0.483 e.